The Bertz CT molecular complexity index is 654. The van der Waals surface area contributed by atoms with Gasteiger partial charge in [-0.1, -0.05) is 22.4 Å². The molecule has 1 spiro atoms. The van der Waals surface area contributed by atoms with Gasteiger partial charge in [-0.25, -0.2) is 9.69 Å². The molecule has 4 amide bonds. The van der Waals surface area contributed by atoms with Crippen LogP contribution in [0.1, 0.15) is 19.3 Å². The van der Waals surface area contributed by atoms with E-state index in [-0.39, 0.29) is 0 Å². The van der Waals surface area contributed by atoms with Gasteiger partial charge in [-0.2, -0.15) is 0 Å². The highest BCUT2D eigenvalue weighted by molar-refractivity contribution is 9.10. The van der Waals surface area contributed by atoms with E-state index in [2.05, 4.69) is 21.2 Å². The van der Waals surface area contributed by atoms with Crippen molar-refractivity contribution in [2.75, 3.05) is 12.0 Å². The Balaban J connectivity index is 2.04. The van der Waals surface area contributed by atoms with Crippen molar-refractivity contribution in [2.24, 2.45) is 5.41 Å². The van der Waals surface area contributed by atoms with Crippen molar-refractivity contribution in [3.8, 4) is 5.75 Å². The second-order valence-electron chi connectivity index (χ2n) is 5.18. The van der Waals surface area contributed by atoms with Gasteiger partial charge in [0.2, 0.25) is 5.91 Å². The second-order valence-corrected chi connectivity index (χ2v) is 6.10. The number of nitrogens with one attached hydrogen (secondary N) is 1. The number of benzene rings is 1. The molecule has 1 saturated carbocycles. The summed E-state index contributed by atoms with van der Waals surface area (Å²) in [4.78, 5) is 37.7. The Kier molecular flexibility index (Phi) is 3.24. The number of imide groups is 2. The van der Waals surface area contributed by atoms with E-state index in [1.807, 2.05) is 0 Å². The molecule has 0 radical (unpaired) electrons. The van der Waals surface area contributed by atoms with Gasteiger partial charge in [-0.3, -0.25) is 14.9 Å². The van der Waals surface area contributed by atoms with E-state index in [9.17, 15) is 14.4 Å². The van der Waals surface area contributed by atoms with Gasteiger partial charge in [0, 0.05) is 10.5 Å². The lowest BCUT2D eigenvalue weighted by Gasteiger charge is -2.44. The maximum Gasteiger partial charge on any atom is 0.335 e. The first-order chi connectivity index (χ1) is 9.98. The highest BCUT2D eigenvalue weighted by Gasteiger charge is 2.57. The van der Waals surface area contributed by atoms with E-state index in [4.69, 9.17) is 4.74 Å². The van der Waals surface area contributed by atoms with Crippen LogP contribution < -0.4 is 15.0 Å². The molecule has 1 N–H and O–H groups in total. The number of carbonyl (C=O) groups is 3. The van der Waals surface area contributed by atoms with Gasteiger partial charge in [0.25, 0.3) is 5.91 Å². The van der Waals surface area contributed by atoms with Crippen LogP contribution in [0.5, 0.6) is 5.75 Å². The third kappa shape index (κ3) is 2.03. The Morgan fingerprint density at radius 1 is 1.24 bits per heavy atom. The quantitative estimate of drug-likeness (QED) is 0.828. The van der Waals surface area contributed by atoms with Crippen molar-refractivity contribution >= 4 is 39.5 Å². The summed E-state index contributed by atoms with van der Waals surface area (Å²) in [5, 5.41) is 2.28. The minimum atomic E-state index is -1.08. The summed E-state index contributed by atoms with van der Waals surface area (Å²) in [5.74, 6) is -0.427. The maximum atomic E-state index is 12.6. The average Bonchev–Trinajstić information content (AvgIpc) is 2.35. The van der Waals surface area contributed by atoms with E-state index < -0.39 is 23.3 Å². The van der Waals surface area contributed by atoms with E-state index in [1.165, 1.54) is 7.11 Å². The Labute approximate surface area is 129 Å². The molecule has 6 nitrogen and oxygen atoms in total. The van der Waals surface area contributed by atoms with Crippen LogP contribution in [0.25, 0.3) is 0 Å². The molecule has 1 saturated heterocycles. The number of urea groups is 1. The lowest BCUT2D eigenvalue weighted by Crippen LogP contribution is -2.66. The molecule has 1 aromatic rings. The van der Waals surface area contributed by atoms with Gasteiger partial charge in [-0.05, 0) is 25.0 Å². The highest BCUT2D eigenvalue weighted by Crippen LogP contribution is 2.45. The van der Waals surface area contributed by atoms with Crippen LogP contribution in [0.4, 0.5) is 10.5 Å². The Morgan fingerprint density at radius 2 is 1.95 bits per heavy atom. The molecule has 2 fully saturated rings. The summed E-state index contributed by atoms with van der Waals surface area (Å²) in [6.45, 7) is 0. The fraction of sp³-hybridized carbons (Fsp3) is 0.357. The van der Waals surface area contributed by atoms with Crippen LogP contribution in [0.2, 0.25) is 0 Å². The molecule has 21 heavy (non-hydrogen) atoms. The summed E-state index contributed by atoms with van der Waals surface area (Å²) in [5.41, 5.74) is -0.703. The number of methoxy groups -OCH3 is 1. The number of hydrogen-bond donors (Lipinski definition) is 1. The van der Waals surface area contributed by atoms with Gasteiger partial charge in [-0.15, -0.1) is 0 Å². The smallest absolute Gasteiger partial charge is 0.335 e. The molecule has 1 heterocycles. The number of barbiturate groups is 1. The van der Waals surface area contributed by atoms with Crippen molar-refractivity contribution in [1.29, 1.82) is 0 Å². The van der Waals surface area contributed by atoms with Crippen molar-refractivity contribution in [2.45, 2.75) is 19.3 Å². The SMILES string of the molecule is COc1cc(Br)cc(N2C(=O)NC(=O)C3(CCC3)C2=O)c1. The van der Waals surface area contributed by atoms with Crippen LogP contribution in [0.3, 0.4) is 0 Å². The number of amides is 4. The number of rotatable bonds is 2. The minimum absolute atomic E-state index is 0.377. The van der Waals surface area contributed by atoms with Crippen molar-refractivity contribution in [1.82, 2.24) is 5.32 Å². The first-order valence-electron chi connectivity index (χ1n) is 6.52. The zero-order chi connectivity index (χ0) is 15.2. The van der Waals surface area contributed by atoms with E-state index in [1.54, 1.807) is 18.2 Å². The molecule has 3 rings (SSSR count). The maximum absolute atomic E-state index is 12.6. The lowest BCUT2D eigenvalue weighted by atomic mass is 9.66. The number of ether oxygens (including phenoxy) is 1. The third-order valence-electron chi connectivity index (χ3n) is 4.03. The van der Waals surface area contributed by atoms with Crippen LogP contribution in [0, 0.1) is 5.41 Å². The summed E-state index contributed by atoms with van der Waals surface area (Å²) < 4.78 is 5.82. The fourth-order valence-corrected chi connectivity index (χ4v) is 3.14. The molecule has 1 aliphatic heterocycles. The Hall–Kier alpha value is -1.89. The number of anilines is 1. The van der Waals surface area contributed by atoms with Gasteiger partial charge in [0.15, 0.2) is 0 Å². The highest BCUT2D eigenvalue weighted by atomic mass is 79.9. The van der Waals surface area contributed by atoms with Crippen molar-refractivity contribution < 1.29 is 19.1 Å². The molecule has 0 atom stereocenters. The monoisotopic (exact) mass is 352 g/mol. The van der Waals surface area contributed by atoms with Gasteiger partial charge >= 0.3 is 6.03 Å². The van der Waals surface area contributed by atoms with Crippen LogP contribution in [-0.2, 0) is 9.59 Å². The normalized spacial score (nSPS) is 20.3. The first kappa shape index (κ1) is 14.1. The third-order valence-corrected chi connectivity index (χ3v) is 4.49. The molecule has 0 bridgehead atoms. The lowest BCUT2D eigenvalue weighted by molar-refractivity contribution is -0.148. The predicted molar refractivity (Wildman–Crippen MR) is 78.0 cm³/mol. The molecule has 7 heteroatoms. The summed E-state index contributed by atoms with van der Waals surface area (Å²) in [6.07, 6.45) is 1.77. The predicted octanol–water partition coefficient (Wildman–Crippen LogP) is 2.21. The molecule has 0 unspecified atom stereocenters. The largest absolute Gasteiger partial charge is 0.497 e. The summed E-state index contributed by atoms with van der Waals surface area (Å²) >= 11 is 3.32. The molecule has 0 aromatic heterocycles. The van der Waals surface area contributed by atoms with Gasteiger partial charge < -0.3 is 4.74 Å². The van der Waals surface area contributed by atoms with Crippen LogP contribution in [0.15, 0.2) is 22.7 Å². The number of carbonyl (C=O) groups excluding carboxylic acids is 3. The van der Waals surface area contributed by atoms with E-state index >= 15 is 0 Å². The molecular weight excluding hydrogens is 340 g/mol. The summed E-state index contributed by atoms with van der Waals surface area (Å²) in [6, 6.07) is 4.23. The topological polar surface area (TPSA) is 75.7 Å². The van der Waals surface area contributed by atoms with Crippen molar-refractivity contribution in [3.05, 3.63) is 22.7 Å². The fourth-order valence-electron chi connectivity index (χ4n) is 2.68. The number of nitrogens with zero attached hydrogens (tertiary/aromatic N) is 1. The standard InChI is InChI=1S/C14H13BrN2O4/c1-21-10-6-8(15)5-9(7-10)17-12(19)14(3-2-4-14)11(18)16-13(17)20/h5-7H,2-4H2,1H3,(H,16,18,20). The molecule has 1 aromatic carbocycles. The second kappa shape index (κ2) is 4.84. The van der Waals surface area contributed by atoms with Gasteiger partial charge in [0.1, 0.15) is 11.2 Å². The molecule has 1 aliphatic carbocycles. The first-order valence-corrected chi connectivity index (χ1v) is 7.32. The zero-order valence-corrected chi connectivity index (χ0v) is 12.9. The average molecular weight is 353 g/mol. The summed E-state index contributed by atoms with van der Waals surface area (Å²) in [7, 11) is 1.50. The van der Waals surface area contributed by atoms with Gasteiger partial charge in [0.05, 0.1) is 12.8 Å². The van der Waals surface area contributed by atoms with Crippen molar-refractivity contribution in [3.63, 3.8) is 0 Å². The van der Waals surface area contributed by atoms with E-state index in [0.717, 1.165) is 11.3 Å². The van der Waals surface area contributed by atoms with E-state index in [0.29, 0.717) is 28.8 Å². The molecule has 110 valence electrons. The minimum Gasteiger partial charge on any atom is -0.497 e. The zero-order valence-electron chi connectivity index (χ0n) is 11.3. The number of halogens is 1. The molecule has 2 aliphatic rings. The number of hydrogen-bond acceptors (Lipinski definition) is 4. The van der Waals surface area contributed by atoms with Crippen LogP contribution in [-0.4, -0.2) is 25.0 Å². The van der Waals surface area contributed by atoms with Crippen LogP contribution >= 0.6 is 15.9 Å². The Morgan fingerprint density at radius 3 is 2.52 bits per heavy atom. The molecular formula is C14H13BrN2O4.